The van der Waals surface area contributed by atoms with Crippen molar-refractivity contribution in [3.05, 3.63) is 35.0 Å². The van der Waals surface area contributed by atoms with Crippen LogP contribution in [0.4, 0.5) is 0 Å². The minimum atomic E-state index is -2.92. The normalized spacial score (nSPS) is 20.2. The van der Waals surface area contributed by atoms with Crippen molar-refractivity contribution < 1.29 is 13.2 Å². The van der Waals surface area contributed by atoms with E-state index in [-0.39, 0.29) is 17.5 Å². The Balaban J connectivity index is 1.79. The Hall–Kier alpha value is -1.86. The monoisotopic (exact) mass is 353 g/mol. The van der Waals surface area contributed by atoms with Gasteiger partial charge in [-0.1, -0.05) is 11.6 Å². The summed E-state index contributed by atoms with van der Waals surface area (Å²) in [4.78, 5) is 4.32. The summed E-state index contributed by atoms with van der Waals surface area (Å²) >= 11 is 6.16. The molecular formula is C15H16ClN3O3S. The SMILES string of the molecule is COc1ccc2nc(Cl)c(/C=N\N[C@@H]3CCS(=O)(=O)C3)cc2c1. The van der Waals surface area contributed by atoms with Crippen LogP contribution in [0.3, 0.4) is 0 Å². The number of ether oxygens (including phenoxy) is 1. The Morgan fingerprint density at radius 2 is 2.26 bits per heavy atom. The Labute approximate surface area is 139 Å². The second-order valence-electron chi connectivity index (χ2n) is 5.41. The number of fused-ring (bicyclic) bond motifs is 1. The minimum absolute atomic E-state index is 0.116. The highest BCUT2D eigenvalue weighted by molar-refractivity contribution is 7.91. The topological polar surface area (TPSA) is 80.7 Å². The lowest BCUT2D eigenvalue weighted by Crippen LogP contribution is -2.25. The summed E-state index contributed by atoms with van der Waals surface area (Å²) in [7, 11) is -1.32. The van der Waals surface area contributed by atoms with E-state index in [0.717, 1.165) is 16.7 Å². The van der Waals surface area contributed by atoms with Gasteiger partial charge < -0.3 is 10.2 Å². The number of nitrogens with zero attached hydrogens (tertiary/aromatic N) is 2. The second kappa shape index (κ2) is 6.33. The first-order valence-electron chi connectivity index (χ1n) is 7.10. The molecule has 6 nitrogen and oxygen atoms in total. The van der Waals surface area contributed by atoms with Crippen molar-refractivity contribution in [2.24, 2.45) is 5.10 Å². The number of hydrazone groups is 1. The molecular weight excluding hydrogens is 338 g/mol. The Kier molecular flexibility index (Phi) is 4.41. The minimum Gasteiger partial charge on any atom is -0.497 e. The zero-order chi connectivity index (χ0) is 16.4. The molecule has 1 aliphatic heterocycles. The molecule has 0 amide bonds. The maximum Gasteiger partial charge on any atom is 0.152 e. The molecule has 0 radical (unpaired) electrons. The van der Waals surface area contributed by atoms with Gasteiger partial charge in [-0.2, -0.15) is 5.10 Å². The number of hydrogen-bond acceptors (Lipinski definition) is 6. The molecule has 23 heavy (non-hydrogen) atoms. The van der Waals surface area contributed by atoms with Crippen LogP contribution in [0.15, 0.2) is 29.4 Å². The quantitative estimate of drug-likeness (QED) is 0.516. The Morgan fingerprint density at radius 1 is 1.43 bits per heavy atom. The molecule has 0 aliphatic carbocycles. The van der Waals surface area contributed by atoms with Gasteiger partial charge in [0.15, 0.2) is 9.84 Å². The number of pyridine rings is 1. The van der Waals surface area contributed by atoms with Gasteiger partial charge in [0, 0.05) is 10.9 Å². The van der Waals surface area contributed by atoms with Crippen LogP contribution < -0.4 is 10.2 Å². The lowest BCUT2D eigenvalue weighted by molar-refractivity contribution is 0.415. The summed E-state index contributed by atoms with van der Waals surface area (Å²) in [6, 6.07) is 7.24. The van der Waals surface area contributed by atoms with Gasteiger partial charge in [-0.25, -0.2) is 13.4 Å². The Bertz CT molecular complexity index is 868. The van der Waals surface area contributed by atoms with Crippen molar-refractivity contribution in [1.29, 1.82) is 0 Å². The average molecular weight is 354 g/mol. The number of nitrogens with one attached hydrogen (secondary N) is 1. The fourth-order valence-electron chi connectivity index (χ4n) is 2.47. The van der Waals surface area contributed by atoms with Gasteiger partial charge in [-0.15, -0.1) is 0 Å². The van der Waals surface area contributed by atoms with Gasteiger partial charge in [-0.3, -0.25) is 0 Å². The highest BCUT2D eigenvalue weighted by atomic mass is 35.5. The molecule has 1 fully saturated rings. The number of hydrogen-bond donors (Lipinski definition) is 1. The van der Waals surface area contributed by atoms with E-state index >= 15 is 0 Å². The van der Waals surface area contributed by atoms with Crippen LogP contribution in [0, 0.1) is 0 Å². The van der Waals surface area contributed by atoms with Crippen LogP contribution in [-0.4, -0.2) is 44.3 Å². The van der Waals surface area contributed by atoms with Gasteiger partial charge in [0.25, 0.3) is 0 Å². The first-order valence-corrected chi connectivity index (χ1v) is 9.30. The first-order chi connectivity index (χ1) is 11.0. The summed E-state index contributed by atoms with van der Waals surface area (Å²) < 4.78 is 28.0. The van der Waals surface area contributed by atoms with Crippen LogP contribution in [-0.2, 0) is 9.84 Å². The van der Waals surface area contributed by atoms with Gasteiger partial charge in [-0.05, 0) is 30.7 Å². The molecule has 1 aromatic heterocycles. The fraction of sp³-hybridized carbons (Fsp3) is 0.333. The summed E-state index contributed by atoms with van der Waals surface area (Å²) in [5.74, 6) is 1.06. The van der Waals surface area contributed by atoms with E-state index < -0.39 is 9.84 Å². The summed E-state index contributed by atoms with van der Waals surface area (Å²) in [6.07, 6.45) is 2.12. The molecule has 0 unspecified atom stereocenters. The standard InChI is InChI=1S/C15H16ClN3O3S/c1-22-13-2-3-14-10(7-13)6-11(15(16)18-14)8-17-19-12-4-5-23(20,21)9-12/h2-3,6-8,12,19H,4-5,9H2,1H3/b17-8-/t12-/m1/s1. The number of methoxy groups -OCH3 is 1. The number of benzene rings is 1. The van der Waals surface area contributed by atoms with Crippen molar-refractivity contribution in [3.8, 4) is 5.75 Å². The molecule has 0 saturated carbocycles. The number of aromatic nitrogens is 1. The molecule has 122 valence electrons. The highest BCUT2D eigenvalue weighted by Gasteiger charge is 2.27. The molecule has 8 heteroatoms. The van der Waals surface area contributed by atoms with Gasteiger partial charge in [0.05, 0.1) is 36.4 Å². The van der Waals surface area contributed by atoms with Crippen LogP contribution in [0.25, 0.3) is 10.9 Å². The molecule has 2 aromatic rings. The molecule has 2 heterocycles. The Morgan fingerprint density at radius 3 is 2.96 bits per heavy atom. The third-order valence-electron chi connectivity index (χ3n) is 3.70. The van der Waals surface area contributed by atoms with Gasteiger partial charge in [0.1, 0.15) is 10.9 Å². The van der Waals surface area contributed by atoms with Crippen molar-refractivity contribution in [2.45, 2.75) is 12.5 Å². The molecule has 1 atom stereocenters. The van der Waals surface area contributed by atoms with Crippen LogP contribution in [0.5, 0.6) is 5.75 Å². The summed E-state index contributed by atoms with van der Waals surface area (Å²) in [5, 5.41) is 5.33. The summed E-state index contributed by atoms with van der Waals surface area (Å²) in [5.41, 5.74) is 4.28. The van der Waals surface area contributed by atoms with Crippen molar-refractivity contribution >= 4 is 38.6 Å². The second-order valence-corrected chi connectivity index (χ2v) is 8.00. The zero-order valence-electron chi connectivity index (χ0n) is 12.5. The van der Waals surface area contributed by atoms with Crippen molar-refractivity contribution in [2.75, 3.05) is 18.6 Å². The van der Waals surface area contributed by atoms with Crippen LogP contribution in [0.2, 0.25) is 5.15 Å². The van der Waals surface area contributed by atoms with E-state index in [4.69, 9.17) is 16.3 Å². The number of halogens is 1. The maximum atomic E-state index is 11.4. The molecule has 3 rings (SSSR count). The zero-order valence-corrected chi connectivity index (χ0v) is 14.1. The largest absolute Gasteiger partial charge is 0.497 e. The first kappa shape index (κ1) is 16.0. The average Bonchev–Trinajstić information content (AvgIpc) is 2.86. The number of sulfone groups is 1. The van der Waals surface area contributed by atoms with E-state index in [0.29, 0.717) is 17.1 Å². The van der Waals surface area contributed by atoms with E-state index in [1.807, 2.05) is 24.3 Å². The van der Waals surface area contributed by atoms with E-state index in [1.165, 1.54) is 0 Å². The van der Waals surface area contributed by atoms with Gasteiger partial charge in [0.2, 0.25) is 0 Å². The molecule has 0 bridgehead atoms. The molecule has 0 spiro atoms. The molecule has 1 aromatic carbocycles. The number of rotatable bonds is 4. The van der Waals surface area contributed by atoms with Crippen LogP contribution in [0.1, 0.15) is 12.0 Å². The molecule has 1 saturated heterocycles. The van der Waals surface area contributed by atoms with E-state index in [9.17, 15) is 8.42 Å². The van der Waals surface area contributed by atoms with Crippen molar-refractivity contribution in [3.63, 3.8) is 0 Å². The maximum absolute atomic E-state index is 11.4. The van der Waals surface area contributed by atoms with Gasteiger partial charge >= 0.3 is 0 Å². The third-order valence-corrected chi connectivity index (χ3v) is 5.77. The molecule has 1 N–H and O–H groups in total. The summed E-state index contributed by atoms with van der Waals surface area (Å²) in [6.45, 7) is 0. The smallest absolute Gasteiger partial charge is 0.152 e. The lowest BCUT2D eigenvalue weighted by Gasteiger charge is -2.07. The predicted octanol–water partition coefficient (Wildman–Crippen LogP) is 2.01. The lowest BCUT2D eigenvalue weighted by atomic mass is 10.1. The molecule has 1 aliphatic rings. The van der Waals surface area contributed by atoms with Crippen LogP contribution >= 0.6 is 11.6 Å². The third kappa shape index (κ3) is 3.73. The van der Waals surface area contributed by atoms with Crippen molar-refractivity contribution in [1.82, 2.24) is 10.4 Å². The predicted molar refractivity (Wildman–Crippen MR) is 91.1 cm³/mol. The highest BCUT2D eigenvalue weighted by Crippen LogP contribution is 2.23. The van der Waals surface area contributed by atoms with E-state index in [2.05, 4.69) is 15.5 Å². The fourth-order valence-corrected chi connectivity index (χ4v) is 4.33. The van der Waals surface area contributed by atoms with E-state index in [1.54, 1.807) is 13.3 Å².